The summed E-state index contributed by atoms with van der Waals surface area (Å²) in [4.78, 5) is 38.7. The van der Waals surface area contributed by atoms with Gasteiger partial charge < -0.3 is 15.0 Å². The molecule has 1 aliphatic heterocycles. The van der Waals surface area contributed by atoms with Gasteiger partial charge in [0, 0.05) is 19.1 Å². The zero-order valence-corrected chi connectivity index (χ0v) is 15.6. The molecule has 0 bridgehead atoms. The second-order valence-electron chi connectivity index (χ2n) is 6.20. The van der Waals surface area contributed by atoms with E-state index in [9.17, 15) is 14.4 Å². The second-order valence-corrected chi connectivity index (χ2v) is 7.15. The molecular formula is C18H26N2O4S. The maximum atomic E-state index is 12.5. The first-order valence-corrected chi connectivity index (χ1v) is 9.72. The van der Waals surface area contributed by atoms with Gasteiger partial charge >= 0.3 is 5.97 Å². The normalized spacial score (nSPS) is 18.5. The van der Waals surface area contributed by atoms with Gasteiger partial charge in [-0.3, -0.25) is 14.4 Å². The smallest absolute Gasteiger partial charge is 0.308 e. The number of carbonyl (C=O) groups excluding carboxylic acids is 3. The molecule has 1 fully saturated rings. The number of rotatable bonds is 7. The van der Waals surface area contributed by atoms with Crippen LogP contribution in [0, 0.1) is 0 Å². The SMILES string of the molecule is CCC1CCCCN1C(=O)C(C)OC(=O)CCNC(=O)c1cccs1. The molecule has 2 unspecified atom stereocenters. The first kappa shape index (κ1) is 19.4. The average Bonchev–Trinajstić information content (AvgIpc) is 3.15. The van der Waals surface area contributed by atoms with Crippen molar-refractivity contribution in [1.82, 2.24) is 10.2 Å². The van der Waals surface area contributed by atoms with Crippen molar-refractivity contribution in [3.63, 3.8) is 0 Å². The summed E-state index contributed by atoms with van der Waals surface area (Å²) in [5.41, 5.74) is 0. The molecule has 0 aliphatic carbocycles. The molecule has 6 nitrogen and oxygen atoms in total. The van der Waals surface area contributed by atoms with Crippen LogP contribution >= 0.6 is 11.3 Å². The largest absolute Gasteiger partial charge is 0.452 e. The van der Waals surface area contributed by atoms with E-state index in [0.717, 1.165) is 32.2 Å². The highest BCUT2D eigenvalue weighted by molar-refractivity contribution is 7.12. The van der Waals surface area contributed by atoms with Gasteiger partial charge in [-0.2, -0.15) is 0 Å². The van der Waals surface area contributed by atoms with Gasteiger partial charge in [0.1, 0.15) is 0 Å². The molecule has 1 aliphatic rings. The quantitative estimate of drug-likeness (QED) is 0.753. The molecule has 1 aromatic rings. The highest BCUT2D eigenvalue weighted by atomic mass is 32.1. The molecule has 7 heteroatoms. The van der Waals surface area contributed by atoms with Gasteiger partial charge in [0.15, 0.2) is 6.10 Å². The number of nitrogens with one attached hydrogen (secondary N) is 1. The number of hydrogen-bond donors (Lipinski definition) is 1. The molecule has 0 aromatic carbocycles. The first-order valence-electron chi connectivity index (χ1n) is 8.84. The van der Waals surface area contributed by atoms with Gasteiger partial charge in [-0.15, -0.1) is 11.3 Å². The van der Waals surface area contributed by atoms with Crippen LogP contribution in [0.3, 0.4) is 0 Å². The number of likely N-dealkylation sites (tertiary alicyclic amines) is 1. The van der Waals surface area contributed by atoms with E-state index in [4.69, 9.17) is 4.74 Å². The lowest BCUT2D eigenvalue weighted by atomic mass is 9.99. The van der Waals surface area contributed by atoms with Gasteiger partial charge in [-0.05, 0) is 44.1 Å². The molecule has 2 rings (SSSR count). The summed E-state index contributed by atoms with van der Waals surface area (Å²) in [5.74, 6) is -0.800. The number of esters is 1. The fourth-order valence-corrected chi connectivity index (χ4v) is 3.67. The Hall–Kier alpha value is -1.89. The summed E-state index contributed by atoms with van der Waals surface area (Å²) in [6, 6.07) is 3.76. The Labute approximate surface area is 152 Å². The van der Waals surface area contributed by atoms with Crippen LogP contribution in [0.4, 0.5) is 0 Å². The standard InChI is InChI=1S/C18H26N2O4S/c1-3-14-7-4-5-11-20(14)18(23)13(2)24-16(21)9-10-19-17(22)15-8-6-12-25-15/h6,8,12-14H,3-5,7,9-11H2,1-2H3,(H,19,22). The van der Waals surface area contributed by atoms with Crippen molar-refractivity contribution in [3.8, 4) is 0 Å². The van der Waals surface area contributed by atoms with Crippen LogP contribution < -0.4 is 5.32 Å². The molecule has 2 heterocycles. The minimum atomic E-state index is -0.785. The lowest BCUT2D eigenvalue weighted by molar-refractivity contribution is -0.160. The lowest BCUT2D eigenvalue weighted by Gasteiger charge is -2.36. The van der Waals surface area contributed by atoms with Crippen molar-refractivity contribution in [2.75, 3.05) is 13.1 Å². The van der Waals surface area contributed by atoms with Crippen LogP contribution in [0.5, 0.6) is 0 Å². The number of carbonyl (C=O) groups is 3. The fourth-order valence-electron chi connectivity index (χ4n) is 3.03. The van der Waals surface area contributed by atoms with Gasteiger partial charge in [0.05, 0.1) is 11.3 Å². The van der Waals surface area contributed by atoms with Crippen LogP contribution in [0.2, 0.25) is 0 Å². The third-order valence-electron chi connectivity index (χ3n) is 4.40. The van der Waals surface area contributed by atoms with E-state index < -0.39 is 12.1 Å². The number of amides is 2. The maximum absolute atomic E-state index is 12.5. The van der Waals surface area contributed by atoms with Crippen LogP contribution in [-0.4, -0.2) is 47.9 Å². The van der Waals surface area contributed by atoms with Crippen LogP contribution in [0.25, 0.3) is 0 Å². The van der Waals surface area contributed by atoms with Gasteiger partial charge in [0.2, 0.25) is 0 Å². The zero-order chi connectivity index (χ0) is 18.2. The van der Waals surface area contributed by atoms with Gasteiger partial charge in [0.25, 0.3) is 11.8 Å². The summed E-state index contributed by atoms with van der Waals surface area (Å²) >= 11 is 1.34. The van der Waals surface area contributed by atoms with Crippen LogP contribution in [0.1, 0.15) is 55.6 Å². The Balaban J connectivity index is 1.73. The third kappa shape index (κ3) is 5.56. The molecule has 1 N–H and O–H groups in total. The topological polar surface area (TPSA) is 75.7 Å². The van der Waals surface area contributed by atoms with Crippen molar-refractivity contribution in [3.05, 3.63) is 22.4 Å². The predicted octanol–water partition coefficient (Wildman–Crippen LogP) is 2.59. The first-order chi connectivity index (χ1) is 12.0. The van der Waals surface area contributed by atoms with Crippen LogP contribution in [-0.2, 0) is 14.3 Å². The van der Waals surface area contributed by atoms with Crippen molar-refractivity contribution in [2.24, 2.45) is 0 Å². The average molecular weight is 366 g/mol. The van der Waals surface area contributed by atoms with E-state index in [2.05, 4.69) is 12.2 Å². The Morgan fingerprint density at radius 3 is 2.88 bits per heavy atom. The molecule has 138 valence electrons. The van der Waals surface area contributed by atoms with E-state index >= 15 is 0 Å². The number of thiophene rings is 1. The van der Waals surface area contributed by atoms with E-state index in [1.165, 1.54) is 11.3 Å². The second kappa shape index (κ2) is 9.56. The van der Waals surface area contributed by atoms with E-state index in [1.54, 1.807) is 19.1 Å². The Bertz CT molecular complexity index is 588. The lowest BCUT2D eigenvalue weighted by Crippen LogP contribution is -2.48. The van der Waals surface area contributed by atoms with Gasteiger partial charge in [-0.25, -0.2) is 0 Å². The molecule has 2 amide bonds. The zero-order valence-electron chi connectivity index (χ0n) is 14.8. The molecular weight excluding hydrogens is 340 g/mol. The number of nitrogens with zero attached hydrogens (tertiary/aromatic N) is 1. The summed E-state index contributed by atoms with van der Waals surface area (Å²) in [5, 5.41) is 4.49. The molecule has 1 aromatic heterocycles. The monoisotopic (exact) mass is 366 g/mol. The predicted molar refractivity (Wildman–Crippen MR) is 96.5 cm³/mol. The maximum Gasteiger partial charge on any atom is 0.308 e. The summed E-state index contributed by atoms with van der Waals surface area (Å²) in [6.07, 6.45) is 3.33. The molecule has 2 atom stereocenters. The number of hydrogen-bond acceptors (Lipinski definition) is 5. The Kier molecular flexibility index (Phi) is 7.43. The molecule has 1 saturated heterocycles. The Morgan fingerprint density at radius 1 is 1.40 bits per heavy atom. The highest BCUT2D eigenvalue weighted by Crippen LogP contribution is 2.20. The minimum absolute atomic E-state index is 0.0476. The van der Waals surface area contributed by atoms with Crippen molar-refractivity contribution < 1.29 is 19.1 Å². The van der Waals surface area contributed by atoms with E-state index in [1.807, 2.05) is 10.3 Å². The summed E-state index contributed by atoms with van der Waals surface area (Å²) in [6.45, 7) is 4.61. The van der Waals surface area contributed by atoms with Crippen molar-refractivity contribution >= 4 is 29.1 Å². The van der Waals surface area contributed by atoms with E-state index in [0.29, 0.717) is 4.88 Å². The summed E-state index contributed by atoms with van der Waals surface area (Å²) in [7, 11) is 0. The molecule has 0 spiro atoms. The van der Waals surface area contributed by atoms with Crippen molar-refractivity contribution in [2.45, 2.75) is 58.1 Å². The Morgan fingerprint density at radius 2 is 2.20 bits per heavy atom. The molecule has 0 radical (unpaired) electrons. The minimum Gasteiger partial charge on any atom is -0.452 e. The highest BCUT2D eigenvalue weighted by Gasteiger charge is 2.30. The molecule has 0 saturated carbocycles. The molecule has 25 heavy (non-hydrogen) atoms. The third-order valence-corrected chi connectivity index (χ3v) is 5.27. The van der Waals surface area contributed by atoms with Gasteiger partial charge in [-0.1, -0.05) is 13.0 Å². The van der Waals surface area contributed by atoms with Crippen molar-refractivity contribution in [1.29, 1.82) is 0 Å². The summed E-state index contributed by atoms with van der Waals surface area (Å²) < 4.78 is 5.25. The van der Waals surface area contributed by atoms with Crippen LogP contribution in [0.15, 0.2) is 17.5 Å². The number of piperidine rings is 1. The number of ether oxygens (including phenoxy) is 1. The van der Waals surface area contributed by atoms with E-state index in [-0.39, 0.29) is 30.8 Å². The fraction of sp³-hybridized carbons (Fsp3) is 0.611.